The van der Waals surface area contributed by atoms with Crippen LogP contribution >= 0.6 is 11.3 Å². The number of ether oxygens (including phenoxy) is 1. The van der Waals surface area contributed by atoms with E-state index in [0.717, 1.165) is 28.4 Å². The quantitative estimate of drug-likeness (QED) is 0.451. The number of hydrogen-bond acceptors (Lipinski definition) is 6. The molecule has 0 spiro atoms. The van der Waals surface area contributed by atoms with E-state index in [1.807, 2.05) is 66.9 Å². The Balaban J connectivity index is 1.44. The zero-order valence-electron chi connectivity index (χ0n) is 16.8. The molecular formula is C22H18N6O2S. The summed E-state index contributed by atoms with van der Waals surface area (Å²) in [6.45, 7) is 1.86. The largest absolute Gasteiger partial charge is 0.496 e. The molecule has 154 valence electrons. The average molecular weight is 430 g/mol. The van der Waals surface area contributed by atoms with Gasteiger partial charge in [-0.2, -0.15) is 10.1 Å². The number of methoxy groups -OCH3 is 1. The molecule has 2 aromatic carbocycles. The second kappa shape index (κ2) is 7.69. The van der Waals surface area contributed by atoms with Gasteiger partial charge in [0.2, 0.25) is 4.96 Å². The van der Waals surface area contributed by atoms with Crippen LogP contribution in [-0.2, 0) is 0 Å². The summed E-state index contributed by atoms with van der Waals surface area (Å²) >= 11 is 1.44. The molecule has 5 aromatic rings. The summed E-state index contributed by atoms with van der Waals surface area (Å²) in [5.41, 5.74) is 3.84. The Morgan fingerprint density at radius 1 is 1.10 bits per heavy atom. The number of nitrogens with one attached hydrogen (secondary N) is 1. The van der Waals surface area contributed by atoms with Crippen LogP contribution in [0.3, 0.4) is 0 Å². The van der Waals surface area contributed by atoms with Gasteiger partial charge >= 0.3 is 0 Å². The van der Waals surface area contributed by atoms with Crippen LogP contribution < -0.4 is 10.1 Å². The van der Waals surface area contributed by atoms with Crippen molar-refractivity contribution in [3.63, 3.8) is 0 Å². The van der Waals surface area contributed by atoms with E-state index in [9.17, 15) is 4.79 Å². The predicted octanol–water partition coefficient (Wildman–Crippen LogP) is 4.21. The van der Waals surface area contributed by atoms with Crippen LogP contribution in [0.15, 0.2) is 66.2 Å². The van der Waals surface area contributed by atoms with E-state index in [1.54, 1.807) is 22.5 Å². The Hall–Kier alpha value is -3.98. The Kier molecular flexibility index (Phi) is 4.72. The summed E-state index contributed by atoms with van der Waals surface area (Å²) in [6.07, 6.45) is 1.55. The molecule has 0 fully saturated rings. The number of nitrogens with zero attached hydrogens (tertiary/aromatic N) is 5. The predicted molar refractivity (Wildman–Crippen MR) is 119 cm³/mol. The van der Waals surface area contributed by atoms with Crippen molar-refractivity contribution in [3.8, 4) is 22.7 Å². The van der Waals surface area contributed by atoms with E-state index >= 15 is 0 Å². The number of para-hydroxylation sites is 2. The topological polar surface area (TPSA) is 86.3 Å². The maximum atomic E-state index is 12.9. The summed E-state index contributed by atoms with van der Waals surface area (Å²) in [6, 6.07) is 17.4. The summed E-state index contributed by atoms with van der Waals surface area (Å²) in [7, 11) is 1.63. The Morgan fingerprint density at radius 3 is 2.68 bits per heavy atom. The highest BCUT2D eigenvalue weighted by Gasteiger charge is 2.19. The van der Waals surface area contributed by atoms with Gasteiger partial charge in [0.05, 0.1) is 35.9 Å². The summed E-state index contributed by atoms with van der Waals surface area (Å²) in [5, 5.41) is 13.6. The van der Waals surface area contributed by atoms with Gasteiger partial charge in [-0.05, 0) is 31.2 Å². The van der Waals surface area contributed by atoms with E-state index in [4.69, 9.17) is 4.74 Å². The lowest BCUT2D eigenvalue weighted by Gasteiger charge is -2.06. The highest BCUT2D eigenvalue weighted by atomic mass is 32.1. The summed E-state index contributed by atoms with van der Waals surface area (Å²) in [5.74, 6) is 0.670. The van der Waals surface area contributed by atoms with Crippen molar-refractivity contribution < 1.29 is 9.53 Å². The lowest BCUT2D eigenvalue weighted by Crippen LogP contribution is -2.14. The first-order chi connectivity index (χ1) is 15.2. The fraction of sp³-hybridized carbons (Fsp3) is 0.0909. The third kappa shape index (κ3) is 3.34. The van der Waals surface area contributed by atoms with E-state index in [1.165, 1.54) is 11.3 Å². The van der Waals surface area contributed by atoms with Crippen molar-refractivity contribution in [2.24, 2.45) is 0 Å². The molecule has 1 N–H and O–H groups in total. The third-order valence-corrected chi connectivity index (χ3v) is 5.76. The molecule has 0 saturated heterocycles. The van der Waals surface area contributed by atoms with Crippen molar-refractivity contribution in [1.29, 1.82) is 0 Å². The standard InChI is InChI=1S/C22H18N6O2S/c1-14-17(12-23-27(14)15-8-4-3-5-9-15)20(29)24-21-25-22-28(26-21)18(13-31-22)16-10-6-7-11-19(16)30-2/h3-13H,1-2H3,(H,24,26,29). The van der Waals surface area contributed by atoms with Gasteiger partial charge in [0.1, 0.15) is 5.75 Å². The van der Waals surface area contributed by atoms with Gasteiger partial charge in [0.25, 0.3) is 11.9 Å². The highest BCUT2D eigenvalue weighted by molar-refractivity contribution is 7.15. The van der Waals surface area contributed by atoms with Gasteiger partial charge in [-0.1, -0.05) is 30.3 Å². The minimum absolute atomic E-state index is 0.236. The SMILES string of the molecule is COc1ccccc1-c1csc2nc(NC(=O)c3cnn(-c4ccccc4)c3C)nn12. The Bertz CT molecular complexity index is 1390. The van der Waals surface area contributed by atoms with Gasteiger partial charge < -0.3 is 4.74 Å². The van der Waals surface area contributed by atoms with Crippen LogP contribution in [0.2, 0.25) is 0 Å². The molecule has 8 nitrogen and oxygen atoms in total. The third-order valence-electron chi connectivity index (χ3n) is 4.95. The smallest absolute Gasteiger partial charge is 0.261 e. The normalized spacial score (nSPS) is 11.0. The number of carbonyl (C=O) groups excluding carboxylic acids is 1. The zero-order valence-corrected chi connectivity index (χ0v) is 17.6. The Labute approximate surface area is 181 Å². The molecule has 0 unspecified atom stereocenters. The van der Waals surface area contributed by atoms with Crippen LogP contribution in [0.4, 0.5) is 5.95 Å². The van der Waals surface area contributed by atoms with Crippen LogP contribution in [0.25, 0.3) is 21.9 Å². The van der Waals surface area contributed by atoms with E-state index in [2.05, 4.69) is 20.5 Å². The molecule has 31 heavy (non-hydrogen) atoms. The number of anilines is 1. The van der Waals surface area contributed by atoms with Gasteiger partial charge in [0.15, 0.2) is 0 Å². The van der Waals surface area contributed by atoms with Crippen molar-refractivity contribution in [3.05, 3.63) is 77.4 Å². The number of rotatable bonds is 5. The summed E-state index contributed by atoms with van der Waals surface area (Å²) < 4.78 is 8.90. The number of fused-ring (bicyclic) bond motifs is 1. The maximum absolute atomic E-state index is 12.9. The fourth-order valence-corrected chi connectivity index (χ4v) is 4.23. The number of thiazole rings is 1. The van der Waals surface area contributed by atoms with Crippen LogP contribution in [-0.4, -0.2) is 37.4 Å². The second-order valence-electron chi connectivity index (χ2n) is 6.80. The minimum atomic E-state index is -0.309. The van der Waals surface area contributed by atoms with Crippen molar-refractivity contribution in [1.82, 2.24) is 24.4 Å². The van der Waals surface area contributed by atoms with Crippen molar-refractivity contribution >= 4 is 28.2 Å². The molecule has 9 heteroatoms. The molecule has 0 aliphatic rings. The average Bonchev–Trinajstić information content (AvgIpc) is 3.48. The molecular weight excluding hydrogens is 412 g/mol. The molecule has 0 atom stereocenters. The zero-order chi connectivity index (χ0) is 21.4. The molecule has 0 bridgehead atoms. The number of hydrogen-bond donors (Lipinski definition) is 1. The van der Waals surface area contributed by atoms with E-state index in [0.29, 0.717) is 10.5 Å². The molecule has 0 aliphatic carbocycles. The first-order valence-electron chi connectivity index (χ1n) is 9.55. The first-order valence-corrected chi connectivity index (χ1v) is 10.4. The van der Waals surface area contributed by atoms with Crippen molar-refractivity contribution in [2.45, 2.75) is 6.92 Å². The monoisotopic (exact) mass is 430 g/mol. The lowest BCUT2D eigenvalue weighted by atomic mass is 10.1. The molecule has 0 aliphatic heterocycles. The van der Waals surface area contributed by atoms with Gasteiger partial charge in [-0.15, -0.1) is 16.4 Å². The highest BCUT2D eigenvalue weighted by Crippen LogP contribution is 2.32. The minimum Gasteiger partial charge on any atom is -0.496 e. The molecule has 0 radical (unpaired) electrons. The molecule has 0 saturated carbocycles. The van der Waals surface area contributed by atoms with Crippen LogP contribution in [0, 0.1) is 6.92 Å². The Morgan fingerprint density at radius 2 is 1.87 bits per heavy atom. The molecule has 3 heterocycles. The van der Waals surface area contributed by atoms with Crippen molar-refractivity contribution in [2.75, 3.05) is 12.4 Å². The number of aromatic nitrogens is 5. The maximum Gasteiger partial charge on any atom is 0.261 e. The lowest BCUT2D eigenvalue weighted by molar-refractivity contribution is 0.102. The summed E-state index contributed by atoms with van der Waals surface area (Å²) in [4.78, 5) is 18.0. The van der Waals surface area contributed by atoms with Crippen LogP contribution in [0.5, 0.6) is 5.75 Å². The molecule has 1 amide bonds. The number of carbonyl (C=O) groups is 1. The van der Waals surface area contributed by atoms with Gasteiger partial charge in [-0.25, -0.2) is 9.20 Å². The van der Waals surface area contributed by atoms with E-state index < -0.39 is 0 Å². The molecule has 3 aromatic heterocycles. The van der Waals surface area contributed by atoms with Gasteiger partial charge in [0, 0.05) is 10.9 Å². The van der Waals surface area contributed by atoms with Crippen LogP contribution in [0.1, 0.15) is 16.1 Å². The number of benzene rings is 2. The molecule has 5 rings (SSSR count). The fourth-order valence-electron chi connectivity index (χ4n) is 3.41. The number of amides is 1. The van der Waals surface area contributed by atoms with E-state index in [-0.39, 0.29) is 11.9 Å². The van der Waals surface area contributed by atoms with Gasteiger partial charge in [-0.3, -0.25) is 10.1 Å². The second-order valence-corrected chi connectivity index (χ2v) is 7.63. The first kappa shape index (κ1) is 19.0.